The fourth-order valence-corrected chi connectivity index (χ4v) is 4.60. The van der Waals surface area contributed by atoms with Gasteiger partial charge in [0, 0.05) is 17.4 Å². The summed E-state index contributed by atoms with van der Waals surface area (Å²) in [5, 5.41) is 1.84. The molecule has 7 nitrogen and oxygen atoms in total. The molecule has 0 atom stereocenters. The molecule has 5 rings (SSSR count). The predicted octanol–water partition coefficient (Wildman–Crippen LogP) is 3.59. The summed E-state index contributed by atoms with van der Waals surface area (Å²) in [5.41, 5.74) is 4.13. The van der Waals surface area contributed by atoms with Crippen LogP contribution < -0.4 is 23.5 Å². The minimum Gasteiger partial charge on any atom is -0.493 e. The molecule has 3 heterocycles. The average molecular weight is 436 g/mol. The Morgan fingerprint density at radius 3 is 2.66 bits per heavy atom. The Balaban J connectivity index is 1.76. The highest BCUT2D eigenvalue weighted by molar-refractivity contribution is 5.97. The normalized spacial score (nSPS) is 13.5. The number of ether oxygens (including phenoxy) is 5. The van der Waals surface area contributed by atoms with E-state index in [1.54, 1.807) is 14.2 Å². The van der Waals surface area contributed by atoms with Gasteiger partial charge in [0.25, 0.3) is 0 Å². The van der Waals surface area contributed by atoms with E-state index in [1.165, 1.54) is 5.56 Å². The molecule has 2 aliphatic heterocycles. The van der Waals surface area contributed by atoms with Gasteiger partial charge in [-0.25, -0.2) is 0 Å². The van der Waals surface area contributed by atoms with Crippen molar-refractivity contribution in [1.29, 1.82) is 0 Å². The van der Waals surface area contributed by atoms with Gasteiger partial charge in [0.05, 0.1) is 38.2 Å². The lowest BCUT2D eigenvalue weighted by Gasteiger charge is -2.20. The summed E-state index contributed by atoms with van der Waals surface area (Å²) in [5.74, 6) is 2.56. The zero-order valence-electron chi connectivity index (χ0n) is 18.5. The maximum atomic E-state index is 12.7. The number of fused-ring (bicyclic) bond motifs is 5. The number of nitrogens with zero attached hydrogens (tertiary/aromatic N) is 1. The molecule has 0 saturated carbocycles. The van der Waals surface area contributed by atoms with E-state index in [9.17, 15) is 4.79 Å². The summed E-state index contributed by atoms with van der Waals surface area (Å²) in [6.45, 7) is 3.39. The molecule has 2 aliphatic rings. The fourth-order valence-electron chi connectivity index (χ4n) is 4.60. The minimum absolute atomic E-state index is 0.163. The number of pyridine rings is 1. The predicted molar refractivity (Wildman–Crippen MR) is 117 cm³/mol. The SMILES string of the molecule is CCCOC(=O)Cc1c2[n+](cc3c(OC)c(OC)ccc13)CCc1cc3c(cc1-2)OCO3. The average Bonchev–Trinajstić information content (AvgIpc) is 3.27. The number of esters is 1. The first-order valence-corrected chi connectivity index (χ1v) is 10.8. The number of carbonyl (C=O) groups excluding carboxylic acids is 1. The van der Waals surface area contributed by atoms with Crippen molar-refractivity contribution in [2.45, 2.75) is 32.7 Å². The standard InChI is InChI=1S/C25H26NO6/c1-4-9-30-23(27)12-18-16-5-6-20(28-2)25(29-3)19(16)13-26-8-7-15-10-21-22(32-14-31-21)11-17(15)24(18)26/h5-6,10-11,13H,4,7-9,12,14H2,1-3H3/q+1. The maximum absolute atomic E-state index is 12.7. The molecule has 0 amide bonds. The molecule has 166 valence electrons. The van der Waals surface area contributed by atoms with Crippen molar-refractivity contribution in [3.63, 3.8) is 0 Å². The van der Waals surface area contributed by atoms with Gasteiger partial charge in [-0.05, 0) is 36.2 Å². The molecule has 0 radical (unpaired) electrons. The zero-order chi connectivity index (χ0) is 22.2. The van der Waals surface area contributed by atoms with Crippen molar-refractivity contribution >= 4 is 16.7 Å². The molecule has 1 aromatic heterocycles. The largest absolute Gasteiger partial charge is 0.493 e. The number of aromatic nitrogens is 1. The molecule has 0 saturated heterocycles. The Morgan fingerprint density at radius 2 is 1.91 bits per heavy atom. The van der Waals surface area contributed by atoms with Gasteiger partial charge >= 0.3 is 5.97 Å². The lowest BCUT2D eigenvalue weighted by Crippen LogP contribution is -2.41. The van der Waals surface area contributed by atoms with Crippen LogP contribution in [0.25, 0.3) is 22.0 Å². The van der Waals surface area contributed by atoms with E-state index in [-0.39, 0.29) is 19.2 Å². The summed E-state index contributed by atoms with van der Waals surface area (Å²) in [6.07, 6.45) is 3.88. The summed E-state index contributed by atoms with van der Waals surface area (Å²) < 4.78 is 30.1. The van der Waals surface area contributed by atoms with Crippen LogP contribution in [0.5, 0.6) is 23.0 Å². The van der Waals surface area contributed by atoms with Crippen LogP contribution in [-0.4, -0.2) is 33.6 Å². The second-order valence-corrected chi connectivity index (χ2v) is 7.92. The first kappa shape index (κ1) is 20.4. The molecule has 0 fully saturated rings. The highest BCUT2D eigenvalue weighted by Crippen LogP contribution is 2.43. The molecule has 0 aliphatic carbocycles. The number of rotatable bonds is 6. The van der Waals surface area contributed by atoms with Gasteiger partial charge in [-0.3, -0.25) is 4.79 Å². The second-order valence-electron chi connectivity index (χ2n) is 7.92. The molecule has 2 aromatic carbocycles. The van der Waals surface area contributed by atoms with Crippen molar-refractivity contribution in [2.24, 2.45) is 0 Å². The fraction of sp³-hybridized carbons (Fsp3) is 0.360. The van der Waals surface area contributed by atoms with Crippen molar-refractivity contribution in [3.05, 3.63) is 41.6 Å². The van der Waals surface area contributed by atoms with Crippen molar-refractivity contribution in [1.82, 2.24) is 0 Å². The third-order valence-electron chi connectivity index (χ3n) is 6.03. The summed E-state index contributed by atoms with van der Waals surface area (Å²) in [6, 6.07) is 7.94. The van der Waals surface area contributed by atoms with Crippen LogP contribution in [0, 0.1) is 0 Å². The van der Waals surface area contributed by atoms with Crippen molar-refractivity contribution < 1.29 is 33.0 Å². The number of hydrogen-bond donors (Lipinski definition) is 0. The van der Waals surface area contributed by atoms with E-state index >= 15 is 0 Å². The van der Waals surface area contributed by atoms with Gasteiger partial charge in [-0.1, -0.05) is 6.92 Å². The first-order chi connectivity index (χ1) is 15.6. The highest BCUT2D eigenvalue weighted by Gasteiger charge is 2.33. The number of methoxy groups -OCH3 is 2. The second kappa shape index (κ2) is 8.22. The van der Waals surface area contributed by atoms with E-state index < -0.39 is 0 Å². The third-order valence-corrected chi connectivity index (χ3v) is 6.03. The number of benzene rings is 2. The molecular weight excluding hydrogens is 410 g/mol. The summed E-state index contributed by atoms with van der Waals surface area (Å²) in [7, 11) is 3.25. The smallest absolute Gasteiger partial charge is 0.310 e. The Labute approximate surface area is 186 Å². The molecule has 7 heteroatoms. The van der Waals surface area contributed by atoms with Crippen LogP contribution in [0.4, 0.5) is 0 Å². The Morgan fingerprint density at radius 1 is 1.09 bits per heavy atom. The Bertz CT molecular complexity index is 1220. The van der Waals surface area contributed by atoms with E-state index in [0.717, 1.165) is 58.5 Å². The zero-order valence-corrected chi connectivity index (χ0v) is 18.5. The monoisotopic (exact) mass is 436 g/mol. The summed E-state index contributed by atoms with van der Waals surface area (Å²) >= 11 is 0. The quantitative estimate of drug-likeness (QED) is 0.435. The van der Waals surface area contributed by atoms with Gasteiger partial charge in [0.1, 0.15) is 0 Å². The minimum atomic E-state index is -0.246. The van der Waals surface area contributed by atoms with Crippen LogP contribution in [0.2, 0.25) is 0 Å². The molecule has 0 N–H and O–H groups in total. The molecular formula is C25H26NO6+. The maximum Gasteiger partial charge on any atom is 0.310 e. The van der Waals surface area contributed by atoms with Gasteiger partial charge in [0.15, 0.2) is 35.7 Å². The van der Waals surface area contributed by atoms with Gasteiger partial charge in [0.2, 0.25) is 12.5 Å². The first-order valence-electron chi connectivity index (χ1n) is 10.8. The van der Waals surface area contributed by atoms with Crippen LogP contribution >= 0.6 is 0 Å². The molecule has 0 unspecified atom stereocenters. The van der Waals surface area contributed by atoms with E-state index in [1.807, 2.05) is 25.1 Å². The topological polar surface area (TPSA) is 67.1 Å². The van der Waals surface area contributed by atoms with Gasteiger partial charge in [-0.15, -0.1) is 0 Å². The number of aryl methyl sites for hydroxylation is 2. The van der Waals surface area contributed by atoms with Crippen molar-refractivity contribution in [2.75, 3.05) is 27.6 Å². The van der Waals surface area contributed by atoms with E-state index in [2.05, 4.69) is 16.8 Å². The lowest BCUT2D eigenvalue weighted by molar-refractivity contribution is -0.686. The molecule has 32 heavy (non-hydrogen) atoms. The van der Waals surface area contributed by atoms with Crippen LogP contribution in [0.15, 0.2) is 30.5 Å². The number of carbonyl (C=O) groups is 1. The van der Waals surface area contributed by atoms with Crippen LogP contribution in [0.3, 0.4) is 0 Å². The van der Waals surface area contributed by atoms with Gasteiger partial charge < -0.3 is 23.7 Å². The molecule has 3 aromatic rings. The lowest BCUT2D eigenvalue weighted by atomic mass is 9.90. The Kier molecular flexibility index (Phi) is 5.25. The molecule has 0 spiro atoms. The van der Waals surface area contributed by atoms with E-state index in [4.69, 9.17) is 23.7 Å². The molecule has 0 bridgehead atoms. The van der Waals surface area contributed by atoms with Crippen molar-refractivity contribution in [3.8, 4) is 34.3 Å². The van der Waals surface area contributed by atoms with Crippen LogP contribution in [0.1, 0.15) is 24.5 Å². The Hall–Kier alpha value is -3.48. The van der Waals surface area contributed by atoms with Crippen LogP contribution in [-0.2, 0) is 28.9 Å². The third kappa shape index (κ3) is 3.28. The number of hydrogen-bond acceptors (Lipinski definition) is 6. The summed E-state index contributed by atoms with van der Waals surface area (Å²) in [4.78, 5) is 12.7. The van der Waals surface area contributed by atoms with Gasteiger partial charge in [-0.2, -0.15) is 4.57 Å². The van der Waals surface area contributed by atoms with E-state index in [0.29, 0.717) is 18.1 Å². The highest BCUT2D eigenvalue weighted by atomic mass is 16.7.